The molecule has 0 radical (unpaired) electrons. The number of hydrogen-bond donors (Lipinski definition) is 2. The molecule has 0 spiro atoms. The molecule has 6 heteroatoms. The summed E-state index contributed by atoms with van der Waals surface area (Å²) < 4.78 is 26.0. The van der Waals surface area contributed by atoms with E-state index in [2.05, 4.69) is 17.6 Å². The molecule has 2 rings (SSSR count). The monoisotopic (exact) mass is 318 g/mol. The quantitative estimate of drug-likeness (QED) is 0.895. The number of carbonyl (C=O) groups is 1. The Morgan fingerprint density at radius 2 is 2.00 bits per heavy atom. The Hall–Kier alpha value is -1.20. The number of carbonyl (C=O) groups excluding carboxylic acids is 1. The van der Waals surface area contributed by atoms with Crippen molar-refractivity contribution in [3.05, 3.63) is 35.4 Å². The normalized spacial score (nSPS) is 21.5. The van der Waals surface area contributed by atoms with E-state index in [1.807, 2.05) is 0 Å². The van der Waals surface area contributed by atoms with Gasteiger partial charge < -0.3 is 10.6 Å². The molecule has 118 valence electrons. The van der Waals surface area contributed by atoms with E-state index in [0.717, 1.165) is 25.5 Å². The summed E-state index contributed by atoms with van der Waals surface area (Å²) in [5, 5.41) is 6.15. The van der Waals surface area contributed by atoms with Gasteiger partial charge in [-0.1, -0.05) is 0 Å². The van der Waals surface area contributed by atoms with Gasteiger partial charge in [0.1, 0.15) is 11.6 Å². The molecule has 1 aromatic rings. The standard InChI is InChI=1S/C15H20F2N2O.ClH/c1-10-6-12(3-5-18-10)15(20)19-4-2-11-7-13(16)9-14(17)8-11;/h7-10,12,18H,2-6H2,1H3,(H,19,20);1H/t10-,12-;/m0./s1. The van der Waals surface area contributed by atoms with Crippen LogP contribution in [0.4, 0.5) is 8.78 Å². The maximum atomic E-state index is 13.0. The summed E-state index contributed by atoms with van der Waals surface area (Å²) >= 11 is 0. The van der Waals surface area contributed by atoms with Crippen molar-refractivity contribution in [2.75, 3.05) is 13.1 Å². The predicted molar refractivity (Wildman–Crippen MR) is 80.5 cm³/mol. The third kappa shape index (κ3) is 5.59. The molecule has 1 aliphatic rings. The fourth-order valence-electron chi connectivity index (χ4n) is 2.60. The Morgan fingerprint density at radius 1 is 1.33 bits per heavy atom. The van der Waals surface area contributed by atoms with Gasteiger partial charge in [0.15, 0.2) is 0 Å². The topological polar surface area (TPSA) is 41.1 Å². The average molecular weight is 319 g/mol. The number of amides is 1. The number of hydrogen-bond acceptors (Lipinski definition) is 2. The van der Waals surface area contributed by atoms with Crippen LogP contribution < -0.4 is 10.6 Å². The highest BCUT2D eigenvalue weighted by Crippen LogP contribution is 2.16. The molecule has 21 heavy (non-hydrogen) atoms. The highest BCUT2D eigenvalue weighted by molar-refractivity contribution is 5.85. The zero-order valence-electron chi connectivity index (χ0n) is 12.0. The summed E-state index contributed by atoms with van der Waals surface area (Å²) in [6.45, 7) is 3.32. The van der Waals surface area contributed by atoms with Crippen molar-refractivity contribution in [3.63, 3.8) is 0 Å². The Labute approximate surface area is 129 Å². The molecule has 1 fully saturated rings. The molecule has 2 atom stereocenters. The molecular weight excluding hydrogens is 298 g/mol. The lowest BCUT2D eigenvalue weighted by molar-refractivity contribution is -0.126. The molecule has 1 heterocycles. The van der Waals surface area contributed by atoms with E-state index in [0.29, 0.717) is 24.6 Å². The van der Waals surface area contributed by atoms with E-state index in [4.69, 9.17) is 0 Å². The zero-order valence-corrected chi connectivity index (χ0v) is 12.8. The van der Waals surface area contributed by atoms with Gasteiger partial charge in [0, 0.05) is 24.6 Å². The lowest BCUT2D eigenvalue weighted by atomic mass is 9.92. The summed E-state index contributed by atoms with van der Waals surface area (Å²) in [6, 6.07) is 3.79. The molecular formula is C15H21ClF2N2O. The van der Waals surface area contributed by atoms with Gasteiger partial charge in [0.05, 0.1) is 0 Å². The summed E-state index contributed by atoms with van der Waals surface area (Å²) in [5.41, 5.74) is 0.557. The highest BCUT2D eigenvalue weighted by atomic mass is 35.5. The van der Waals surface area contributed by atoms with Gasteiger partial charge in [-0.2, -0.15) is 0 Å². The third-order valence-corrected chi connectivity index (χ3v) is 3.63. The number of piperidine rings is 1. The summed E-state index contributed by atoms with van der Waals surface area (Å²) in [7, 11) is 0. The van der Waals surface area contributed by atoms with E-state index in [-0.39, 0.29) is 24.2 Å². The SMILES string of the molecule is C[C@H]1C[C@@H](C(=O)NCCc2cc(F)cc(F)c2)CCN1.Cl. The molecule has 0 aromatic heterocycles. The van der Waals surface area contributed by atoms with Gasteiger partial charge in [-0.05, 0) is 50.4 Å². The Kier molecular flexibility index (Phi) is 7.05. The van der Waals surface area contributed by atoms with Crippen molar-refractivity contribution in [2.24, 2.45) is 5.92 Å². The molecule has 1 aromatic carbocycles. The van der Waals surface area contributed by atoms with Crippen LogP contribution >= 0.6 is 12.4 Å². The van der Waals surface area contributed by atoms with Gasteiger partial charge in [0.2, 0.25) is 5.91 Å². The molecule has 2 N–H and O–H groups in total. The third-order valence-electron chi connectivity index (χ3n) is 3.63. The Morgan fingerprint density at radius 3 is 2.62 bits per heavy atom. The van der Waals surface area contributed by atoms with E-state index in [1.54, 1.807) is 0 Å². The van der Waals surface area contributed by atoms with Crippen LogP contribution in [0.1, 0.15) is 25.3 Å². The lowest BCUT2D eigenvalue weighted by Crippen LogP contribution is -2.42. The fraction of sp³-hybridized carbons (Fsp3) is 0.533. The van der Waals surface area contributed by atoms with Crippen molar-refractivity contribution < 1.29 is 13.6 Å². The van der Waals surface area contributed by atoms with E-state index >= 15 is 0 Å². The van der Waals surface area contributed by atoms with Crippen molar-refractivity contribution in [2.45, 2.75) is 32.2 Å². The van der Waals surface area contributed by atoms with E-state index in [9.17, 15) is 13.6 Å². The minimum absolute atomic E-state index is 0. The molecule has 0 unspecified atom stereocenters. The van der Waals surface area contributed by atoms with Crippen LogP contribution in [-0.2, 0) is 11.2 Å². The highest BCUT2D eigenvalue weighted by Gasteiger charge is 2.24. The Bertz CT molecular complexity index is 464. The lowest BCUT2D eigenvalue weighted by Gasteiger charge is -2.27. The maximum Gasteiger partial charge on any atom is 0.223 e. The smallest absolute Gasteiger partial charge is 0.223 e. The largest absolute Gasteiger partial charge is 0.356 e. The second-order valence-electron chi connectivity index (χ2n) is 5.40. The van der Waals surface area contributed by atoms with E-state index < -0.39 is 11.6 Å². The molecule has 0 saturated carbocycles. The molecule has 1 saturated heterocycles. The first kappa shape index (κ1) is 17.9. The first-order valence-electron chi connectivity index (χ1n) is 7.00. The van der Waals surface area contributed by atoms with Crippen LogP contribution in [0.3, 0.4) is 0 Å². The maximum absolute atomic E-state index is 13.0. The summed E-state index contributed by atoms with van der Waals surface area (Å²) in [5.74, 6) is -1.09. The fourth-order valence-corrected chi connectivity index (χ4v) is 2.60. The van der Waals surface area contributed by atoms with Crippen LogP contribution in [0.25, 0.3) is 0 Å². The zero-order chi connectivity index (χ0) is 14.5. The number of nitrogens with one attached hydrogen (secondary N) is 2. The molecule has 1 amide bonds. The van der Waals surface area contributed by atoms with Gasteiger partial charge in [-0.15, -0.1) is 12.4 Å². The summed E-state index contributed by atoms with van der Waals surface area (Å²) in [4.78, 5) is 12.0. The van der Waals surface area contributed by atoms with Crippen LogP contribution in [0.2, 0.25) is 0 Å². The van der Waals surface area contributed by atoms with Gasteiger partial charge in [0.25, 0.3) is 0 Å². The molecule has 1 aliphatic heterocycles. The van der Waals surface area contributed by atoms with Gasteiger partial charge in [-0.25, -0.2) is 8.78 Å². The average Bonchev–Trinajstić information content (AvgIpc) is 2.37. The van der Waals surface area contributed by atoms with Crippen molar-refractivity contribution in [1.82, 2.24) is 10.6 Å². The van der Waals surface area contributed by atoms with Crippen molar-refractivity contribution >= 4 is 18.3 Å². The van der Waals surface area contributed by atoms with Crippen molar-refractivity contribution in [1.29, 1.82) is 0 Å². The number of rotatable bonds is 4. The predicted octanol–water partition coefficient (Wildman–Crippen LogP) is 2.43. The second kappa shape index (κ2) is 8.29. The van der Waals surface area contributed by atoms with Crippen LogP contribution in [-0.4, -0.2) is 25.0 Å². The van der Waals surface area contributed by atoms with Crippen LogP contribution in [0.5, 0.6) is 0 Å². The van der Waals surface area contributed by atoms with Gasteiger partial charge >= 0.3 is 0 Å². The molecule has 0 bridgehead atoms. The number of halogens is 3. The Balaban J connectivity index is 0.00000220. The minimum atomic E-state index is -0.585. The van der Waals surface area contributed by atoms with Crippen LogP contribution in [0.15, 0.2) is 18.2 Å². The molecule has 0 aliphatic carbocycles. The first-order chi connectivity index (χ1) is 9.54. The first-order valence-corrected chi connectivity index (χ1v) is 7.00. The van der Waals surface area contributed by atoms with Crippen LogP contribution in [0, 0.1) is 17.6 Å². The van der Waals surface area contributed by atoms with Crippen molar-refractivity contribution in [3.8, 4) is 0 Å². The van der Waals surface area contributed by atoms with Gasteiger partial charge in [-0.3, -0.25) is 4.79 Å². The molecule has 3 nitrogen and oxygen atoms in total. The van der Waals surface area contributed by atoms with E-state index in [1.165, 1.54) is 12.1 Å². The number of benzene rings is 1. The minimum Gasteiger partial charge on any atom is -0.356 e. The summed E-state index contributed by atoms with van der Waals surface area (Å²) in [6.07, 6.45) is 2.10. The second-order valence-corrected chi connectivity index (χ2v) is 5.40.